The molecule has 1 aromatic carbocycles. The molecule has 216 valence electrons. The smallest absolute Gasteiger partial charge is 0.326 e. The molecule has 1 aliphatic carbocycles. The average Bonchev–Trinajstić information content (AvgIpc) is 3.51. The van der Waals surface area contributed by atoms with Gasteiger partial charge in [-0.15, -0.1) is 0 Å². The van der Waals surface area contributed by atoms with Crippen molar-refractivity contribution < 1.29 is 19.5 Å². The van der Waals surface area contributed by atoms with Crippen LogP contribution in [0.25, 0.3) is 0 Å². The summed E-state index contributed by atoms with van der Waals surface area (Å²) in [5.74, 6) is -1.01. The average molecular weight is 560 g/mol. The van der Waals surface area contributed by atoms with Crippen LogP contribution in [0.1, 0.15) is 85.1 Å². The van der Waals surface area contributed by atoms with Gasteiger partial charge < -0.3 is 14.9 Å². The van der Waals surface area contributed by atoms with E-state index >= 15 is 0 Å². The molecule has 1 saturated carbocycles. The van der Waals surface area contributed by atoms with Crippen LogP contribution < -0.4 is 0 Å². The van der Waals surface area contributed by atoms with Gasteiger partial charge in [-0.3, -0.25) is 14.5 Å². The molecule has 7 nitrogen and oxygen atoms in total. The van der Waals surface area contributed by atoms with Crippen LogP contribution in [0.5, 0.6) is 0 Å². The van der Waals surface area contributed by atoms with E-state index in [-0.39, 0.29) is 60.2 Å². The molecule has 3 aliphatic rings. The Bertz CT molecular complexity index is 1040. The van der Waals surface area contributed by atoms with E-state index in [1.807, 2.05) is 43.0 Å². The molecule has 39 heavy (non-hydrogen) atoms. The Labute approximate surface area is 238 Å². The lowest BCUT2D eigenvalue weighted by atomic mass is 9.85. The second-order valence-electron chi connectivity index (χ2n) is 13.4. The molecule has 0 spiro atoms. The minimum atomic E-state index is -0.992. The first-order valence-corrected chi connectivity index (χ1v) is 15.0. The van der Waals surface area contributed by atoms with E-state index in [1.54, 1.807) is 4.90 Å². The van der Waals surface area contributed by atoms with Gasteiger partial charge in [-0.2, -0.15) is 0 Å². The zero-order chi connectivity index (χ0) is 28.6. The van der Waals surface area contributed by atoms with Crippen molar-refractivity contribution in [1.29, 1.82) is 0 Å². The molecule has 0 radical (unpaired) electrons. The highest BCUT2D eigenvalue weighted by Crippen LogP contribution is 2.40. The Morgan fingerprint density at radius 3 is 2.13 bits per heavy atom. The molecule has 2 heterocycles. The summed E-state index contributed by atoms with van der Waals surface area (Å²) in [6.07, 6.45) is 4.29. The predicted octanol–water partition coefficient (Wildman–Crippen LogP) is 5.27. The lowest BCUT2D eigenvalue weighted by Gasteiger charge is -2.41. The van der Waals surface area contributed by atoms with Crippen molar-refractivity contribution in [3.8, 4) is 0 Å². The number of carboxylic acids is 1. The van der Waals surface area contributed by atoms with Gasteiger partial charge in [0.1, 0.15) is 6.04 Å². The van der Waals surface area contributed by atoms with Gasteiger partial charge in [0.25, 0.3) is 0 Å². The van der Waals surface area contributed by atoms with Crippen LogP contribution in [0.3, 0.4) is 0 Å². The van der Waals surface area contributed by atoms with Gasteiger partial charge in [-0.1, -0.05) is 44.5 Å². The summed E-state index contributed by atoms with van der Waals surface area (Å²) in [7, 11) is 0. The molecular formula is C31H46ClN3O4. The number of halogens is 1. The summed E-state index contributed by atoms with van der Waals surface area (Å²) < 4.78 is 0. The summed E-state index contributed by atoms with van der Waals surface area (Å²) in [5, 5.41) is 10.9. The third kappa shape index (κ3) is 6.45. The van der Waals surface area contributed by atoms with Crippen LogP contribution >= 0.6 is 11.6 Å². The second kappa shape index (κ2) is 11.8. The number of carbonyl (C=O) groups is 3. The normalized spacial score (nSPS) is 30.1. The molecule has 2 aliphatic heterocycles. The molecule has 4 atom stereocenters. The minimum Gasteiger partial charge on any atom is -0.480 e. The van der Waals surface area contributed by atoms with Crippen molar-refractivity contribution in [3.05, 3.63) is 34.9 Å². The molecule has 8 heteroatoms. The van der Waals surface area contributed by atoms with Gasteiger partial charge in [-0.25, -0.2) is 4.79 Å². The fourth-order valence-electron chi connectivity index (χ4n) is 6.83. The summed E-state index contributed by atoms with van der Waals surface area (Å²) in [4.78, 5) is 46.2. The second-order valence-corrected chi connectivity index (χ2v) is 13.8. The topological polar surface area (TPSA) is 81.2 Å². The zero-order valence-corrected chi connectivity index (χ0v) is 25.2. The number of hydrogen-bond donors (Lipinski definition) is 1. The third-order valence-corrected chi connectivity index (χ3v) is 9.50. The lowest BCUT2D eigenvalue weighted by molar-refractivity contribution is -0.150. The van der Waals surface area contributed by atoms with Crippen molar-refractivity contribution >= 4 is 29.4 Å². The van der Waals surface area contributed by atoms with E-state index < -0.39 is 12.0 Å². The van der Waals surface area contributed by atoms with Gasteiger partial charge in [0.05, 0.1) is 12.0 Å². The highest BCUT2D eigenvalue weighted by Gasteiger charge is 2.50. The molecule has 2 saturated heterocycles. The van der Waals surface area contributed by atoms with Crippen molar-refractivity contribution in [2.45, 2.75) is 103 Å². The fourth-order valence-corrected chi connectivity index (χ4v) is 6.96. The summed E-state index contributed by atoms with van der Waals surface area (Å²) in [6.45, 7) is 14.1. The van der Waals surface area contributed by atoms with E-state index in [1.165, 1.54) is 0 Å². The SMILES string of the molecule is CC1CCC(N(C(=O)C(C)C)[C@H]2C[C@@H](C(=O)O)N(C(=O)[C@@H]3CN(C(C)(C)C)C[C@H]3c3ccc(Cl)cc3)C2)CC1. The maximum atomic E-state index is 14.3. The van der Waals surface area contributed by atoms with Crippen molar-refractivity contribution in [3.63, 3.8) is 0 Å². The number of amides is 2. The number of benzene rings is 1. The maximum absolute atomic E-state index is 14.3. The Morgan fingerprint density at radius 2 is 1.59 bits per heavy atom. The molecule has 2 amide bonds. The Kier molecular flexibility index (Phi) is 9.02. The van der Waals surface area contributed by atoms with Gasteiger partial charge in [-0.05, 0) is 70.1 Å². The summed E-state index contributed by atoms with van der Waals surface area (Å²) >= 11 is 6.16. The highest BCUT2D eigenvalue weighted by atomic mass is 35.5. The molecule has 0 bridgehead atoms. The van der Waals surface area contributed by atoms with Crippen LogP contribution in [0.15, 0.2) is 24.3 Å². The number of carbonyl (C=O) groups excluding carboxylic acids is 2. The molecule has 1 N–H and O–H groups in total. The maximum Gasteiger partial charge on any atom is 0.326 e. The first-order valence-electron chi connectivity index (χ1n) is 14.6. The van der Waals surface area contributed by atoms with Gasteiger partial charge in [0, 0.05) is 54.5 Å². The highest BCUT2D eigenvalue weighted by molar-refractivity contribution is 6.30. The van der Waals surface area contributed by atoms with Crippen LogP contribution in [0, 0.1) is 17.8 Å². The summed E-state index contributed by atoms with van der Waals surface area (Å²) in [5.41, 5.74) is 0.915. The zero-order valence-electron chi connectivity index (χ0n) is 24.4. The quantitative estimate of drug-likeness (QED) is 0.513. The molecule has 0 aromatic heterocycles. The molecule has 0 unspecified atom stereocenters. The van der Waals surface area contributed by atoms with Crippen LogP contribution in [0.4, 0.5) is 0 Å². The van der Waals surface area contributed by atoms with E-state index in [9.17, 15) is 19.5 Å². The van der Waals surface area contributed by atoms with Gasteiger partial charge >= 0.3 is 5.97 Å². The lowest BCUT2D eigenvalue weighted by Crippen LogP contribution is -2.51. The van der Waals surface area contributed by atoms with E-state index in [0.717, 1.165) is 37.8 Å². The van der Waals surface area contributed by atoms with Crippen LogP contribution in [0.2, 0.25) is 5.02 Å². The number of nitrogens with zero attached hydrogens (tertiary/aromatic N) is 3. The van der Waals surface area contributed by atoms with Crippen LogP contribution in [-0.4, -0.2) is 80.9 Å². The van der Waals surface area contributed by atoms with Gasteiger partial charge in [0.15, 0.2) is 0 Å². The van der Waals surface area contributed by atoms with E-state index in [4.69, 9.17) is 11.6 Å². The van der Waals surface area contributed by atoms with Crippen molar-refractivity contribution in [2.75, 3.05) is 19.6 Å². The third-order valence-electron chi connectivity index (χ3n) is 9.25. The molecular weight excluding hydrogens is 514 g/mol. The van der Waals surface area contributed by atoms with Gasteiger partial charge in [0.2, 0.25) is 11.8 Å². The number of rotatable bonds is 6. The predicted molar refractivity (Wildman–Crippen MR) is 154 cm³/mol. The van der Waals surface area contributed by atoms with Crippen molar-refractivity contribution in [2.24, 2.45) is 17.8 Å². The first-order chi connectivity index (χ1) is 18.3. The first kappa shape index (κ1) is 29.9. The molecule has 1 aromatic rings. The standard InChI is InChI=1S/C31H46ClN3O4/c1-19(2)28(36)35(23-13-7-20(3)8-14-23)24-15-27(30(38)39)34(16-24)29(37)26-18-33(31(4,5)6)17-25(26)21-9-11-22(32)12-10-21/h9-12,19-20,23-27H,7-8,13-18H2,1-6H3,(H,38,39)/t20?,23?,24-,25-,26+,27-/m0/s1. The number of aliphatic carboxylic acids is 1. The summed E-state index contributed by atoms with van der Waals surface area (Å²) in [6, 6.07) is 6.56. The molecule has 4 rings (SSSR count). The monoisotopic (exact) mass is 559 g/mol. The number of carboxylic acid groups (broad SMARTS) is 1. The Hall–Kier alpha value is -2.12. The van der Waals surface area contributed by atoms with E-state index in [0.29, 0.717) is 17.5 Å². The van der Waals surface area contributed by atoms with E-state index in [2.05, 4.69) is 32.6 Å². The Balaban J connectivity index is 1.63. The van der Waals surface area contributed by atoms with Crippen molar-refractivity contribution in [1.82, 2.24) is 14.7 Å². The minimum absolute atomic E-state index is 0.0595. The largest absolute Gasteiger partial charge is 0.480 e. The van der Waals surface area contributed by atoms with Crippen LogP contribution in [-0.2, 0) is 14.4 Å². The molecule has 3 fully saturated rings. The number of hydrogen-bond acceptors (Lipinski definition) is 4. The fraction of sp³-hybridized carbons (Fsp3) is 0.710. The number of likely N-dealkylation sites (tertiary alicyclic amines) is 2. The Morgan fingerprint density at radius 1 is 0.974 bits per heavy atom.